The molecule has 0 aliphatic rings. The zero-order chi connectivity index (χ0) is 15.9. The van der Waals surface area contributed by atoms with Gasteiger partial charge in [0.2, 0.25) is 0 Å². The van der Waals surface area contributed by atoms with E-state index in [0.29, 0.717) is 13.0 Å². The highest BCUT2D eigenvalue weighted by molar-refractivity contribution is 5.91. The molecule has 4 nitrogen and oxygen atoms in total. The SMILES string of the molecule is COCC(O)CCNC(C)c1ccc(OC)c2ccccc12. The van der Waals surface area contributed by atoms with Crippen LogP contribution in [0.25, 0.3) is 10.8 Å². The molecule has 2 rings (SSSR count). The van der Waals surface area contributed by atoms with Gasteiger partial charge in [0.25, 0.3) is 0 Å². The molecule has 4 heteroatoms. The lowest BCUT2D eigenvalue weighted by atomic mass is 9.99. The van der Waals surface area contributed by atoms with Crippen LogP contribution in [0.1, 0.15) is 24.9 Å². The summed E-state index contributed by atoms with van der Waals surface area (Å²) in [5, 5.41) is 15.5. The van der Waals surface area contributed by atoms with E-state index in [1.807, 2.05) is 18.2 Å². The molecule has 0 saturated heterocycles. The predicted molar refractivity (Wildman–Crippen MR) is 89.4 cm³/mol. The van der Waals surface area contributed by atoms with E-state index in [-0.39, 0.29) is 6.04 Å². The molecule has 0 radical (unpaired) electrons. The number of ether oxygens (including phenoxy) is 2. The van der Waals surface area contributed by atoms with E-state index in [2.05, 4.69) is 30.4 Å². The van der Waals surface area contributed by atoms with Crippen LogP contribution in [-0.4, -0.2) is 38.6 Å². The molecule has 0 saturated carbocycles. The molecule has 2 aromatic rings. The monoisotopic (exact) mass is 303 g/mol. The summed E-state index contributed by atoms with van der Waals surface area (Å²) < 4.78 is 10.4. The van der Waals surface area contributed by atoms with Crippen LogP contribution in [0.3, 0.4) is 0 Å². The summed E-state index contributed by atoms with van der Waals surface area (Å²) in [7, 11) is 3.29. The Morgan fingerprint density at radius 2 is 1.82 bits per heavy atom. The second kappa shape index (κ2) is 8.13. The van der Waals surface area contributed by atoms with Crippen molar-refractivity contribution in [3.8, 4) is 5.75 Å². The van der Waals surface area contributed by atoms with Crippen LogP contribution in [0.4, 0.5) is 0 Å². The zero-order valence-electron chi connectivity index (χ0n) is 13.5. The molecule has 0 aromatic heterocycles. The van der Waals surface area contributed by atoms with Crippen LogP contribution in [0.2, 0.25) is 0 Å². The fourth-order valence-corrected chi connectivity index (χ4v) is 2.70. The minimum Gasteiger partial charge on any atom is -0.496 e. The van der Waals surface area contributed by atoms with Crippen LogP contribution < -0.4 is 10.1 Å². The second-order valence-corrected chi connectivity index (χ2v) is 5.48. The lowest BCUT2D eigenvalue weighted by Crippen LogP contribution is -2.25. The van der Waals surface area contributed by atoms with Crippen molar-refractivity contribution in [3.63, 3.8) is 0 Å². The highest BCUT2D eigenvalue weighted by Gasteiger charge is 2.12. The van der Waals surface area contributed by atoms with Crippen molar-refractivity contribution in [3.05, 3.63) is 42.0 Å². The number of hydrogen-bond acceptors (Lipinski definition) is 4. The summed E-state index contributed by atoms with van der Waals surface area (Å²) in [6, 6.07) is 12.6. The smallest absolute Gasteiger partial charge is 0.126 e. The average Bonchev–Trinajstić information content (AvgIpc) is 2.54. The van der Waals surface area contributed by atoms with Gasteiger partial charge in [-0.3, -0.25) is 0 Å². The Morgan fingerprint density at radius 3 is 2.50 bits per heavy atom. The quantitative estimate of drug-likeness (QED) is 0.787. The topological polar surface area (TPSA) is 50.7 Å². The van der Waals surface area contributed by atoms with Crippen molar-refractivity contribution in [2.45, 2.75) is 25.5 Å². The normalized spacial score (nSPS) is 14.0. The lowest BCUT2D eigenvalue weighted by molar-refractivity contribution is 0.0591. The number of nitrogens with one attached hydrogen (secondary N) is 1. The van der Waals surface area contributed by atoms with Crippen molar-refractivity contribution >= 4 is 10.8 Å². The third-order valence-electron chi connectivity index (χ3n) is 3.89. The molecule has 0 heterocycles. The van der Waals surface area contributed by atoms with Crippen molar-refractivity contribution in [1.82, 2.24) is 5.32 Å². The molecule has 2 N–H and O–H groups in total. The molecule has 2 aromatic carbocycles. The molecule has 0 bridgehead atoms. The van der Waals surface area contributed by atoms with Gasteiger partial charge < -0.3 is 19.9 Å². The van der Waals surface area contributed by atoms with Gasteiger partial charge in [0, 0.05) is 18.5 Å². The Labute approximate surface area is 132 Å². The third-order valence-corrected chi connectivity index (χ3v) is 3.89. The maximum Gasteiger partial charge on any atom is 0.126 e. The molecule has 2 unspecified atom stereocenters. The van der Waals surface area contributed by atoms with Gasteiger partial charge in [0.05, 0.1) is 19.8 Å². The Bertz CT molecular complexity index is 600. The van der Waals surface area contributed by atoms with Gasteiger partial charge in [-0.2, -0.15) is 0 Å². The van der Waals surface area contributed by atoms with Gasteiger partial charge in [-0.1, -0.05) is 30.3 Å². The van der Waals surface area contributed by atoms with Crippen molar-refractivity contribution in [1.29, 1.82) is 0 Å². The highest BCUT2D eigenvalue weighted by Crippen LogP contribution is 2.31. The fraction of sp³-hybridized carbons (Fsp3) is 0.444. The van der Waals surface area contributed by atoms with E-state index in [0.717, 1.165) is 17.7 Å². The van der Waals surface area contributed by atoms with Crippen LogP contribution in [0.15, 0.2) is 36.4 Å². The summed E-state index contributed by atoms with van der Waals surface area (Å²) >= 11 is 0. The van der Waals surface area contributed by atoms with Crippen LogP contribution >= 0.6 is 0 Å². The maximum absolute atomic E-state index is 9.69. The van der Waals surface area contributed by atoms with Gasteiger partial charge in [-0.25, -0.2) is 0 Å². The number of hydrogen-bond donors (Lipinski definition) is 2. The number of fused-ring (bicyclic) bond motifs is 1. The van der Waals surface area contributed by atoms with Gasteiger partial charge >= 0.3 is 0 Å². The molecule has 0 aliphatic carbocycles. The van der Waals surface area contributed by atoms with Gasteiger partial charge in [-0.15, -0.1) is 0 Å². The van der Waals surface area contributed by atoms with Crippen molar-refractivity contribution in [2.24, 2.45) is 0 Å². The van der Waals surface area contributed by atoms with Gasteiger partial charge in [0.1, 0.15) is 5.75 Å². The largest absolute Gasteiger partial charge is 0.496 e. The summed E-state index contributed by atoms with van der Waals surface area (Å²) in [6.45, 7) is 3.25. The van der Waals surface area contributed by atoms with E-state index in [1.165, 1.54) is 10.9 Å². The van der Waals surface area contributed by atoms with Crippen molar-refractivity contribution in [2.75, 3.05) is 27.4 Å². The maximum atomic E-state index is 9.69. The number of methoxy groups -OCH3 is 2. The number of aliphatic hydroxyl groups excluding tert-OH is 1. The fourth-order valence-electron chi connectivity index (χ4n) is 2.70. The molecular formula is C18H25NO3. The van der Waals surface area contributed by atoms with E-state index in [4.69, 9.17) is 9.47 Å². The van der Waals surface area contributed by atoms with Crippen LogP contribution in [-0.2, 0) is 4.74 Å². The van der Waals surface area contributed by atoms with Crippen LogP contribution in [0.5, 0.6) is 5.75 Å². The molecule has 0 amide bonds. The number of benzene rings is 2. The predicted octanol–water partition coefficient (Wildman–Crippen LogP) is 2.90. The first-order chi connectivity index (χ1) is 10.7. The van der Waals surface area contributed by atoms with E-state index < -0.39 is 6.10 Å². The van der Waals surface area contributed by atoms with Crippen molar-refractivity contribution < 1.29 is 14.6 Å². The summed E-state index contributed by atoms with van der Waals surface area (Å²) in [6.07, 6.45) is 0.254. The first-order valence-corrected chi connectivity index (χ1v) is 7.63. The Balaban J connectivity index is 2.10. The van der Waals surface area contributed by atoms with E-state index in [1.54, 1.807) is 14.2 Å². The first-order valence-electron chi connectivity index (χ1n) is 7.63. The Morgan fingerprint density at radius 1 is 1.09 bits per heavy atom. The van der Waals surface area contributed by atoms with Gasteiger partial charge in [-0.05, 0) is 36.9 Å². The minimum absolute atomic E-state index is 0.200. The molecule has 0 aliphatic heterocycles. The zero-order valence-corrected chi connectivity index (χ0v) is 13.5. The number of aliphatic hydroxyl groups is 1. The second-order valence-electron chi connectivity index (χ2n) is 5.48. The molecule has 0 spiro atoms. The minimum atomic E-state index is -0.419. The number of rotatable bonds is 8. The molecule has 2 atom stereocenters. The van der Waals surface area contributed by atoms with E-state index >= 15 is 0 Å². The molecular weight excluding hydrogens is 278 g/mol. The highest BCUT2D eigenvalue weighted by atomic mass is 16.5. The molecule has 120 valence electrons. The van der Waals surface area contributed by atoms with Gasteiger partial charge in [0.15, 0.2) is 0 Å². The summed E-state index contributed by atoms with van der Waals surface area (Å²) in [5.74, 6) is 0.891. The lowest BCUT2D eigenvalue weighted by Gasteiger charge is -2.19. The third kappa shape index (κ3) is 3.97. The Hall–Kier alpha value is -1.62. The summed E-state index contributed by atoms with van der Waals surface area (Å²) in [4.78, 5) is 0. The molecule has 22 heavy (non-hydrogen) atoms. The molecule has 0 fully saturated rings. The first kappa shape index (κ1) is 16.7. The summed E-state index contributed by atoms with van der Waals surface area (Å²) in [5.41, 5.74) is 1.23. The van der Waals surface area contributed by atoms with E-state index in [9.17, 15) is 5.11 Å². The average molecular weight is 303 g/mol. The van der Waals surface area contributed by atoms with Crippen LogP contribution in [0, 0.1) is 0 Å². The Kier molecular flexibility index (Phi) is 6.19. The standard InChI is InChI=1S/C18H25NO3/c1-13(19-11-10-14(20)12-21-2)15-8-9-18(22-3)17-7-5-4-6-16(15)17/h4-9,13-14,19-20H,10-12H2,1-3H3.